The van der Waals surface area contributed by atoms with Gasteiger partial charge in [-0.05, 0) is 6.07 Å². The predicted molar refractivity (Wildman–Crippen MR) is 91.2 cm³/mol. The highest BCUT2D eigenvalue weighted by molar-refractivity contribution is 5.93. The van der Waals surface area contributed by atoms with Crippen LogP contribution in [0.5, 0.6) is 0 Å². The Morgan fingerprint density at radius 2 is 1.68 bits per heavy atom. The molecule has 1 aromatic heterocycles. The van der Waals surface area contributed by atoms with Crippen LogP contribution >= 0.6 is 0 Å². The molecule has 0 fully saturated rings. The number of nitrogens with zero attached hydrogens (tertiary/aromatic N) is 2. The van der Waals surface area contributed by atoms with Crippen molar-refractivity contribution in [1.29, 1.82) is 0 Å². The highest BCUT2D eigenvalue weighted by Gasteiger charge is 2.14. The second kappa shape index (κ2) is 7.63. The minimum atomic E-state index is -1.13. The number of carbonyl (C=O) groups is 1. The second-order valence-electron chi connectivity index (χ2n) is 5.41. The van der Waals surface area contributed by atoms with Gasteiger partial charge >= 0.3 is 0 Å². The molecule has 3 rings (SSSR count). The molecular weight excluding hydrogens is 321 g/mol. The minimum absolute atomic E-state index is 0.111. The monoisotopic (exact) mass is 337 g/mol. The molecule has 0 saturated heterocycles. The maximum atomic E-state index is 13.6. The number of hydrogen-bond acceptors (Lipinski definition) is 4. The Kier molecular flexibility index (Phi) is 5.11. The van der Waals surface area contributed by atoms with Crippen LogP contribution in [0.1, 0.15) is 22.0 Å². The number of aromatic nitrogens is 2. The van der Waals surface area contributed by atoms with E-state index in [0.717, 1.165) is 5.56 Å². The van der Waals surface area contributed by atoms with Crippen LogP contribution in [0.4, 0.5) is 4.39 Å². The number of amides is 1. The van der Waals surface area contributed by atoms with Gasteiger partial charge in [0.15, 0.2) is 5.82 Å². The molecule has 1 atom stereocenters. The molecule has 6 heteroatoms. The van der Waals surface area contributed by atoms with Gasteiger partial charge < -0.3 is 10.4 Å². The number of rotatable bonds is 5. The van der Waals surface area contributed by atoms with Crippen molar-refractivity contribution in [3.63, 3.8) is 0 Å². The summed E-state index contributed by atoms with van der Waals surface area (Å²) in [7, 11) is 0. The molecule has 0 saturated carbocycles. The van der Waals surface area contributed by atoms with Crippen molar-refractivity contribution in [2.75, 3.05) is 6.54 Å². The lowest BCUT2D eigenvalue weighted by Crippen LogP contribution is -2.29. The van der Waals surface area contributed by atoms with Crippen molar-refractivity contribution >= 4 is 5.91 Å². The highest BCUT2D eigenvalue weighted by atomic mass is 19.1. The van der Waals surface area contributed by atoms with E-state index in [0.29, 0.717) is 5.82 Å². The lowest BCUT2D eigenvalue weighted by atomic mass is 10.1. The average molecular weight is 337 g/mol. The largest absolute Gasteiger partial charge is 0.386 e. The summed E-state index contributed by atoms with van der Waals surface area (Å²) in [6, 6.07) is 15.3. The number of carbonyl (C=O) groups excluding carboxylic acids is 1. The maximum absolute atomic E-state index is 13.6. The van der Waals surface area contributed by atoms with Crippen LogP contribution in [0.25, 0.3) is 11.4 Å². The Balaban J connectivity index is 1.63. The zero-order valence-corrected chi connectivity index (χ0v) is 13.3. The van der Waals surface area contributed by atoms with E-state index in [1.807, 2.05) is 30.3 Å². The zero-order chi connectivity index (χ0) is 17.6. The van der Waals surface area contributed by atoms with Gasteiger partial charge in [-0.25, -0.2) is 14.4 Å². The summed E-state index contributed by atoms with van der Waals surface area (Å²) in [5.41, 5.74) is 1.25. The molecule has 1 amide bonds. The number of nitrogens with one attached hydrogen (secondary N) is 1. The number of halogens is 1. The van der Waals surface area contributed by atoms with E-state index in [1.165, 1.54) is 30.6 Å². The number of benzene rings is 2. The summed E-state index contributed by atoms with van der Waals surface area (Å²) >= 11 is 0. The van der Waals surface area contributed by atoms with Crippen molar-refractivity contribution in [3.05, 3.63) is 83.9 Å². The number of hydrogen-bond donors (Lipinski definition) is 2. The lowest BCUT2D eigenvalue weighted by molar-refractivity contribution is 0.0913. The first-order chi connectivity index (χ1) is 12.1. The average Bonchev–Trinajstić information content (AvgIpc) is 2.67. The van der Waals surface area contributed by atoms with Gasteiger partial charge in [0, 0.05) is 30.1 Å². The summed E-state index contributed by atoms with van der Waals surface area (Å²) in [4.78, 5) is 20.5. The van der Waals surface area contributed by atoms with Gasteiger partial charge in [-0.3, -0.25) is 4.79 Å². The molecular formula is C19H16FN3O2. The molecule has 3 aromatic rings. The van der Waals surface area contributed by atoms with Gasteiger partial charge in [0.05, 0.1) is 11.7 Å². The third-order valence-corrected chi connectivity index (χ3v) is 3.67. The van der Waals surface area contributed by atoms with Crippen molar-refractivity contribution in [1.82, 2.24) is 15.3 Å². The van der Waals surface area contributed by atoms with E-state index in [9.17, 15) is 14.3 Å². The molecule has 2 N–H and O–H groups in total. The van der Waals surface area contributed by atoms with E-state index in [-0.39, 0.29) is 17.7 Å². The molecule has 5 nitrogen and oxygen atoms in total. The summed E-state index contributed by atoms with van der Waals surface area (Å²) in [6.07, 6.45) is 1.70. The molecule has 126 valence electrons. The number of aliphatic hydroxyl groups is 1. The van der Waals surface area contributed by atoms with Gasteiger partial charge in [0.25, 0.3) is 5.91 Å². The Bertz CT molecular complexity index is 854. The van der Waals surface area contributed by atoms with Crippen LogP contribution in [0.2, 0.25) is 0 Å². The van der Waals surface area contributed by atoms with Crippen molar-refractivity contribution in [2.24, 2.45) is 0 Å². The quantitative estimate of drug-likeness (QED) is 0.751. The Labute approximate surface area is 144 Å². The molecule has 1 heterocycles. The van der Waals surface area contributed by atoms with Gasteiger partial charge in [0.1, 0.15) is 5.82 Å². The molecule has 25 heavy (non-hydrogen) atoms. The lowest BCUT2D eigenvalue weighted by Gasteiger charge is -2.13. The van der Waals surface area contributed by atoms with Crippen LogP contribution in [0, 0.1) is 5.82 Å². The minimum Gasteiger partial charge on any atom is -0.386 e. The fraction of sp³-hybridized carbons (Fsp3) is 0.105. The molecule has 1 unspecified atom stereocenters. The normalized spacial score (nSPS) is 11.8. The van der Waals surface area contributed by atoms with E-state index in [1.54, 1.807) is 6.07 Å². The summed E-state index contributed by atoms with van der Waals surface area (Å²) < 4.78 is 13.6. The van der Waals surface area contributed by atoms with Crippen molar-refractivity contribution in [3.8, 4) is 11.4 Å². The van der Waals surface area contributed by atoms with Crippen LogP contribution in [0.15, 0.2) is 67.0 Å². The van der Waals surface area contributed by atoms with E-state index >= 15 is 0 Å². The van der Waals surface area contributed by atoms with Crippen LogP contribution < -0.4 is 5.32 Å². The van der Waals surface area contributed by atoms with E-state index in [4.69, 9.17) is 0 Å². The van der Waals surface area contributed by atoms with E-state index in [2.05, 4.69) is 15.3 Å². The Morgan fingerprint density at radius 1 is 1.04 bits per heavy atom. The van der Waals surface area contributed by atoms with Crippen LogP contribution in [0.3, 0.4) is 0 Å². The molecule has 0 radical (unpaired) electrons. The standard InChI is InChI=1S/C19H16FN3O2/c20-16-9-5-4-8-15(16)17(24)12-23-19(25)14-10-21-18(22-11-14)13-6-2-1-3-7-13/h1-11,17,24H,12H2,(H,23,25). The third-order valence-electron chi connectivity index (χ3n) is 3.67. The zero-order valence-electron chi connectivity index (χ0n) is 13.3. The van der Waals surface area contributed by atoms with E-state index < -0.39 is 17.8 Å². The molecule has 0 aliphatic carbocycles. The maximum Gasteiger partial charge on any atom is 0.254 e. The van der Waals surface area contributed by atoms with Gasteiger partial charge in [0.2, 0.25) is 0 Å². The van der Waals surface area contributed by atoms with Crippen LogP contribution in [-0.4, -0.2) is 27.5 Å². The third kappa shape index (κ3) is 4.05. The smallest absolute Gasteiger partial charge is 0.254 e. The second-order valence-corrected chi connectivity index (χ2v) is 5.41. The van der Waals surface area contributed by atoms with Crippen molar-refractivity contribution in [2.45, 2.75) is 6.10 Å². The first kappa shape index (κ1) is 16.7. The molecule has 0 aliphatic rings. The fourth-order valence-electron chi connectivity index (χ4n) is 2.33. The molecule has 0 bridgehead atoms. The molecule has 0 spiro atoms. The highest BCUT2D eigenvalue weighted by Crippen LogP contribution is 2.16. The van der Waals surface area contributed by atoms with Gasteiger partial charge in [-0.15, -0.1) is 0 Å². The van der Waals surface area contributed by atoms with Gasteiger partial charge in [-0.2, -0.15) is 0 Å². The Morgan fingerprint density at radius 3 is 2.36 bits per heavy atom. The SMILES string of the molecule is O=C(NCC(O)c1ccccc1F)c1cnc(-c2ccccc2)nc1. The first-order valence-electron chi connectivity index (χ1n) is 7.73. The summed E-state index contributed by atoms with van der Waals surface area (Å²) in [6.45, 7) is -0.111. The molecule has 0 aliphatic heterocycles. The Hall–Kier alpha value is -3.12. The topological polar surface area (TPSA) is 75.1 Å². The molecule has 2 aromatic carbocycles. The summed E-state index contributed by atoms with van der Waals surface area (Å²) in [5, 5.41) is 12.6. The van der Waals surface area contributed by atoms with Gasteiger partial charge in [-0.1, -0.05) is 48.5 Å². The number of aliphatic hydroxyl groups excluding tert-OH is 1. The summed E-state index contributed by atoms with van der Waals surface area (Å²) in [5.74, 6) is -0.432. The van der Waals surface area contributed by atoms with Crippen LogP contribution in [-0.2, 0) is 0 Å². The predicted octanol–water partition coefficient (Wildman–Crippen LogP) is 2.75. The van der Waals surface area contributed by atoms with Crippen molar-refractivity contribution < 1.29 is 14.3 Å². The first-order valence-corrected chi connectivity index (χ1v) is 7.73. The fourth-order valence-corrected chi connectivity index (χ4v) is 2.33.